The van der Waals surface area contributed by atoms with Crippen molar-refractivity contribution in [3.8, 4) is 5.69 Å². The Bertz CT molecular complexity index is 1550. The van der Waals surface area contributed by atoms with E-state index in [0.29, 0.717) is 16.9 Å². The van der Waals surface area contributed by atoms with Crippen molar-refractivity contribution in [1.29, 1.82) is 0 Å². The Morgan fingerprint density at radius 3 is 2.49 bits per heavy atom. The number of fused-ring (bicyclic) bond motifs is 2. The van der Waals surface area contributed by atoms with Gasteiger partial charge in [0.2, 0.25) is 0 Å². The molecule has 0 aliphatic heterocycles. The first-order chi connectivity index (χ1) is 17.9. The Hall–Kier alpha value is -4.20. The van der Waals surface area contributed by atoms with Gasteiger partial charge in [0.05, 0.1) is 22.5 Å². The third-order valence-corrected chi connectivity index (χ3v) is 7.08. The topological polar surface area (TPSA) is 95.2 Å². The molecule has 37 heavy (non-hydrogen) atoms. The highest BCUT2D eigenvalue weighted by atomic mass is 16.5. The smallest absolute Gasteiger partial charge is 0.339 e. The van der Waals surface area contributed by atoms with Gasteiger partial charge in [0.1, 0.15) is 5.69 Å². The van der Waals surface area contributed by atoms with Gasteiger partial charge in [-0.25, -0.2) is 9.48 Å². The van der Waals surface area contributed by atoms with E-state index in [-0.39, 0.29) is 11.2 Å². The van der Waals surface area contributed by atoms with Gasteiger partial charge in [-0.2, -0.15) is 0 Å². The van der Waals surface area contributed by atoms with Gasteiger partial charge in [-0.1, -0.05) is 42.8 Å². The molecule has 0 saturated heterocycles. The van der Waals surface area contributed by atoms with Gasteiger partial charge in [0, 0.05) is 18.1 Å². The molecule has 1 atom stereocenters. The first-order valence-corrected chi connectivity index (χ1v) is 12.6. The number of para-hydroxylation sites is 2. The van der Waals surface area contributed by atoms with Crippen LogP contribution in [0.25, 0.3) is 16.6 Å². The van der Waals surface area contributed by atoms with Crippen molar-refractivity contribution in [3.05, 3.63) is 87.5 Å². The standard InChI is InChI=1S/C29H30N4O4/c1-18-26(28(35)33(32(18)3)20-12-6-4-7-13-20)31-27(34)19(2)37-29(36)25-21-14-8-5-9-16-23(21)30-24-17-11-10-15-22(24)25/h4,6-7,10-13,15,17,19H,5,8-9,14,16H2,1-3H3,(H,31,34). The zero-order valence-electron chi connectivity index (χ0n) is 21.3. The Balaban J connectivity index is 1.42. The summed E-state index contributed by atoms with van der Waals surface area (Å²) in [7, 11) is 1.75. The molecule has 4 aromatic rings. The van der Waals surface area contributed by atoms with Crippen LogP contribution in [0.5, 0.6) is 0 Å². The number of anilines is 1. The number of carbonyl (C=O) groups excluding carboxylic acids is 2. The van der Waals surface area contributed by atoms with Gasteiger partial charge in [-0.3, -0.25) is 19.3 Å². The van der Waals surface area contributed by atoms with E-state index in [1.165, 1.54) is 11.6 Å². The highest BCUT2D eigenvalue weighted by molar-refractivity contribution is 6.06. The van der Waals surface area contributed by atoms with Crippen LogP contribution in [-0.4, -0.2) is 32.3 Å². The summed E-state index contributed by atoms with van der Waals surface area (Å²) in [5.41, 5.74) is 4.15. The second-order valence-corrected chi connectivity index (χ2v) is 9.46. The Labute approximate surface area is 214 Å². The fraction of sp³-hybridized carbons (Fsp3) is 0.310. The molecular weight excluding hydrogens is 468 g/mol. The summed E-state index contributed by atoms with van der Waals surface area (Å²) in [4.78, 5) is 44.6. The minimum atomic E-state index is -1.11. The first-order valence-electron chi connectivity index (χ1n) is 12.6. The van der Waals surface area contributed by atoms with Crippen molar-refractivity contribution >= 4 is 28.5 Å². The fourth-order valence-electron chi connectivity index (χ4n) is 4.99. The number of amides is 1. The van der Waals surface area contributed by atoms with Crippen LogP contribution >= 0.6 is 0 Å². The second kappa shape index (κ2) is 10.0. The predicted molar refractivity (Wildman–Crippen MR) is 142 cm³/mol. The number of carbonyl (C=O) groups is 2. The quantitative estimate of drug-likeness (QED) is 0.323. The molecule has 2 aromatic heterocycles. The zero-order valence-corrected chi connectivity index (χ0v) is 21.3. The van der Waals surface area contributed by atoms with E-state index < -0.39 is 18.0 Å². The van der Waals surface area contributed by atoms with Crippen LogP contribution in [0.4, 0.5) is 5.69 Å². The molecular formula is C29H30N4O4. The minimum absolute atomic E-state index is 0.155. The van der Waals surface area contributed by atoms with Crippen LogP contribution in [0.15, 0.2) is 59.4 Å². The van der Waals surface area contributed by atoms with Gasteiger partial charge in [-0.05, 0) is 63.3 Å². The van der Waals surface area contributed by atoms with Crippen molar-refractivity contribution in [2.45, 2.75) is 52.1 Å². The molecule has 8 heteroatoms. The summed E-state index contributed by atoms with van der Waals surface area (Å²) in [6, 6.07) is 16.7. The van der Waals surface area contributed by atoms with E-state index in [0.717, 1.165) is 54.3 Å². The monoisotopic (exact) mass is 498 g/mol. The normalized spacial score (nSPS) is 14.0. The van der Waals surface area contributed by atoms with E-state index in [2.05, 4.69) is 5.32 Å². The number of aromatic nitrogens is 3. The minimum Gasteiger partial charge on any atom is -0.449 e. The van der Waals surface area contributed by atoms with Gasteiger partial charge >= 0.3 is 5.97 Å². The van der Waals surface area contributed by atoms with E-state index in [1.54, 1.807) is 18.7 Å². The number of benzene rings is 2. The lowest BCUT2D eigenvalue weighted by Gasteiger charge is -2.17. The SMILES string of the molecule is Cc1c(NC(=O)C(C)OC(=O)c2c3c(nc4ccccc24)CCCCC3)c(=O)n(-c2ccccc2)n1C. The molecule has 190 valence electrons. The van der Waals surface area contributed by atoms with E-state index in [4.69, 9.17) is 9.72 Å². The Morgan fingerprint density at radius 1 is 1.00 bits per heavy atom. The average molecular weight is 499 g/mol. The maximum Gasteiger partial charge on any atom is 0.339 e. The third kappa shape index (κ3) is 4.55. The molecule has 1 aliphatic rings. The number of pyridine rings is 1. The number of hydrogen-bond acceptors (Lipinski definition) is 5. The fourth-order valence-corrected chi connectivity index (χ4v) is 4.99. The first kappa shape index (κ1) is 24.5. The number of esters is 1. The Morgan fingerprint density at radius 2 is 1.70 bits per heavy atom. The van der Waals surface area contributed by atoms with Crippen LogP contribution in [0, 0.1) is 6.92 Å². The van der Waals surface area contributed by atoms with Crippen molar-refractivity contribution in [1.82, 2.24) is 14.3 Å². The molecule has 5 rings (SSSR count). The average Bonchev–Trinajstić information content (AvgIpc) is 3.04. The maximum absolute atomic E-state index is 13.5. The van der Waals surface area contributed by atoms with Gasteiger partial charge in [0.25, 0.3) is 11.5 Å². The molecule has 1 aliphatic carbocycles. The molecule has 0 bridgehead atoms. The molecule has 1 N–H and O–H groups in total. The summed E-state index contributed by atoms with van der Waals surface area (Å²) in [6.45, 7) is 3.27. The highest BCUT2D eigenvalue weighted by Crippen LogP contribution is 2.29. The van der Waals surface area contributed by atoms with Crippen molar-refractivity contribution in [2.75, 3.05) is 5.32 Å². The molecule has 1 amide bonds. The second-order valence-electron chi connectivity index (χ2n) is 9.46. The molecule has 0 saturated carbocycles. The molecule has 0 spiro atoms. The van der Waals surface area contributed by atoms with E-state index in [9.17, 15) is 14.4 Å². The molecule has 0 fully saturated rings. The van der Waals surface area contributed by atoms with Crippen molar-refractivity contribution < 1.29 is 14.3 Å². The largest absolute Gasteiger partial charge is 0.449 e. The third-order valence-electron chi connectivity index (χ3n) is 7.08. The van der Waals surface area contributed by atoms with Gasteiger partial charge < -0.3 is 10.1 Å². The van der Waals surface area contributed by atoms with Crippen molar-refractivity contribution in [3.63, 3.8) is 0 Å². The number of aryl methyl sites for hydroxylation is 1. The summed E-state index contributed by atoms with van der Waals surface area (Å²) < 4.78 is 8.86. The Kier molecular flexibility index (Phi) is 6.65. The number of rotatable bonds is 5. The van der Waals surface area contributed by atoms with Crippen LogP contribution in [-0.2, 0) is 29.4 Å². The van der Waals surface area contributed by atoms with E-state index >= 15 is 0 Å². The van der Waals surface area contributed by atoms with Crippen LogP contribution in [0.1, 0.15) is 53.5 Å². The van der Waals surface area contributed by atoms with Crippen LogP contribution in [0.2, 0.25) is 0 Å². The molecule has 0 radical (unpaired) electrons. The lowest BCUT2D eigenvalue weighted by Crippen LogP contribution is -2.32. The predicted octanol–water partition coefficient (Wildman–Crippen LogP) is 4.49. The molecule has 8 nitrogen and oxygen atoms in total. The highest BCUT2D eigenvalue weighted by Gasteiger charge is 2.27. The molecule has 2 aromatic carbocycles. The lowest BCUT2D eigenvalue weighted by atomic mass is 9.97. The number of nitrogens with zero attached hydrogens (tertiary/aromatic N) is 3. The number of ether oxygens (including phenoxy) is 1. The number of nitrogens with one attached hydrogen (secondary N) is 1. The summed E-state index contributed by atoms with van der Waals surface area (Å²) >= 11 is 0. The van der Waals surface area contributed by atoms with Crippen LogP contribution in [0.3, 0.4) is 0 Å². The molecule has 1 unspecified atom stereocenters. The van der Waals surface area contributed by atoms with Gasteiger partial charge in [0.15, 0.2) is 6.10 Å². The van der Waals surface area contributed by atoms with Gasteiger partial charge in [-0.15, -0.1) is 0 Å². The van der Waals surface area contributed by atoms with Crippen LogP contribution < -0.4 is 10.9 Å². The van der Waals surface area contributed by atoms with E-state index in [1.807, 2.05) is 54.6 Å². The zero-order chi connectivity index (χ0) is 26.1. The molecule has 2 heterocycles. The van der Waals surface area contributed by atoms with Crippen molar-refractivity contribution in [2.24, 2.45) is 7.05 Å². The maximum atomic E-state index is 13.5. The summed E-state index contributed by atoms with van der Waals surface area (Å²) in [6.07, 6.45) is 3.55. The summed E-state index contributed by atoms with van der Waals surface area (Å²) in [5.74, 6) is -1.12. The summed E-state index contributed by atoms with van der Waals surface area (Å²) in [5, 5.41) is 3.42. The lowest BCUT2D eigenvalue weighted by molar-refractivity contribution is -0.123. The number of hydrogen-bond donors (Lipinski definition) is 1.